The van der Waals surface area contributed by atoms with E-state index in [4.69, 9.17) is 5.10 Å². The fourth-order valence-corrected chi connectivity index (χ4v) is 7.18. The molecule has 3 aliphatic rings. The van der Waals surface area contributed by atoms with Crippen molar-refractivity contribution in [1.82, 2.24) is 20.2 Å². The second-order valence-electron chi connectivity index (χ2n) is 10.3. The van der Waals surface area contributed by atoms with Crippen molar-refractivity contribution in [3.05, 3.63) is 65.7 Å². The highest BCUT2D eigenvalue weighted by molar-refractivity contribution is 5.63. The second kappa shape index (κ2) is 7.27. The molecule has 1 saturated heterocycles. The van der Waals surface area contributed by atoms with Gasteiger partial charge in [0.05, 0.1) is 23.1 Å². The Morgan fingerprint density at radius 3 is 2.64 bits per heavy atom. The van der Waals surface area contributed by atoms with Crippen LogP contribution < -0.4 is 4.90 Å². The number of piperidine rings is 1. The molecule has 0 amide bonds. The minimum atomic E-state index is -0.603. The van der Waals surface area contributed by atoms with Crippen LogP contribution in [0.3, 0.4) is 0 Å². The lowest BCUT2D eigenvalue weighted by Crippen LogP contribution is -2.50. The zero-order chi connectivity index (χ0) is 22.8. The molecular formula is C26H27F2N5. The largest absolute Gasteiger partial charge is 0.355 e. The van der Waals surface area contributed by atoms with Gasteiger partial charge in [0.2, 0.25) is 0 Å². The number of nitrogens with zero attached hydrogens (tertiary/aromatic N) is 5. The quantitative estimate of drug-likeness (QED) is 0.547. The highest BCUT2D eigenvalue weighted by Crippen LogP contribution is 2.70. The standard InChI is InChI=1S/C26H27F2N5/c1-25(2)18-8-9-26(25,16-5-4-12-33(15-16)22-14-29-10-11-30-22)24-17(18)13-21(31-32-24)23-19(27)6-3-7-20(23)28/h3,6-7,10-11,13-14,16,18H,4-5,8-9,12,15H2,1-2H3. The van der Waals surface area contributed by atoms with Crippen LogP contribution in [-0.2, 0) is 5.41 Å². The van der Waals surface area contributed by atoms with E-state index in [9.17, 15) is 8.78 Å². The van der Waals surface area contributed by atoms with Gasteiger partial charge in [0.1, 0.15) is 17.5 Å². The first-order chi connectivity index (χ1) is 15.9. The Labute approximate surface area is 192 Å². The number of anilines is 1. The normalized spacial score (nSPS) is 27.6. The van der Waals surface area contributed by atoms with Crippen molar-refractivity contribution in [2.45, 2.75) is 50.9 Å². The maximum absolute atomic E-state index is 14.5. The predicted molar refractivity (Wildman–Crippen MR) is 122 cm³/mol. The van der Waals surface area contributed by atoms with Crippen LogP contribution in [0.25, 0.3) is 11.3 Å². The Bertz CT molecular complexity index is 1190. The Balaban J connectivity index is 1.43. The van der Waals surface area contributed by atoms with Crippen molar-refractivity contribution in [1.29, 1.82) is 0 Å². The van der Waals surface area contributed by atoms with Gasteiger partial charge in [-0.1, -0.05) is 19.9 Å². The van der Waals surface area contributed by atoms with Crippen molar-refractivity contribution in [2.24, 2.45) is 11.3 Å². The highest BCUT2D eigenvalue weighted by Gasteiger charge is 2.66. The Kier molecular flexibility index (Phi) is 4.55. The van der Waals surface area contributed by atoms with E-state index in [2.05, 4.69) is 33.8 Å². The van der Waals surface area contributed by atoms with Gasteiger partial charge in [-0.15, -0.1) is 0 Å². The van der Waals surface area contributed by atoms with Gasteiger partial charge in [0, 0.05) is 30.9 Å². The van der Waals surface area contributed by atoms with E-state index in [1.165, 1.54) is 18.2 Å². The summed E-state index contributed by atoms with van der Waals surface area (Å²) in [5.74, 6) is 0.422. The molecule has 0 N–H and O–H groups in total. The number of halogens is 2. The minimum absolute atomic E-state index is 0.00748. The average molecular weight is 448 g/mol. The van der Waals surface area contributed by atoms with Crippen LogP contribution in [0.4, 0.5) is 14.6 Å². The molecule has 2 aromatic heterocycles. The Morgan fingerprint density at radius 2 is 1.88 bits per heavy atom. The molecule has 2 fully saturated rings. The van der Waals surface area contributed by atoms with Crippen LogP contribution in [0.2, 0.25) is 0 Å². The molecular weight excluding hydrogens is 420 g/mol. The summed E-state index contributed by atoms with van der Waals surface area (Å²) in [6.07, 6.45) is 9.62. The molecule has 7 heteroatoms. The fraction of sp³-hybridized carbons (Fsp3) is 0.462. The molecule has 1 aromatic carbocycles. The first kappa shape index (κ1) is 20.6. The number of benzene rings is 1. The van der Waals surface area contributed by atoms with E-state index < -0.39 is 11.6 Å². The maximum atomic E-state index is 14.5. The summed E-state index contributed by atoms with van der Waals surface area (Å²) in [5, 5.41) is 9.09. The smallest absolute Gasteiger partial charge is 0.147 e. The molecule has 3 heterocycles. The molecule has 2 bridgehead atoms. The molecule has 5 nitrogen and oxygen atoms in total. The fourth-order valence-electron chi connectivity index (χ4n) is 7.18. The molecule has 6 rings (SSSR count). The summed E-state index contributed by atoms with van der Waals surface area (Å²) in [6.45, 7) is 6.56. The molecule has 2 aliphatic carbocycles. The molecule has 3 aromatic rings. The van der Waals surface area contributed by atoms with Crippen LogP contribution in [0, 0.1) is 23.0 Å². The predicted octanol–water partition coefficient (Wildman–Crippen LogP) is 5.28. The van der Waals surface area contributed by atoms with Crippen molar-refractivity contribution in [3.63, 3.8) is 0 Å². The number of hydrogen-bond acceptors (Lipinski definition) is 5. The summed E-state index contributed by atoms with van der Waals surface area (Å²) in [6, 6.07) is 5.82. The van der Waals surface area contributed by atoms with Gasteiger partial charge in [0.15, 0.2) is 0 Å². The monoisotopic (exact) mass is 447 g/mol. The van der Waals surface area contributed by atoms with Gasteiger partial charge in [-0.2, -0.15) is 10.2 Å². The lowest BCUT2D eigenvalue weighted by Gasteiger charge is -2.48. The van der Waals surface area contributed by atoms with Crippen LogP contribution in [0.15, 0.2) is 42.9 Å². The van der Waals surface area contributed by atoms with Gasteiger partial charge >= 0.3 is 0 Å². The molecule has 1 aliphatic heterocycles. The van der Waals surface area contributed by atoms with E-state index in [0.717, 1.165) is 55.8 Å². The Hall–Kier alpha value is -2.96. The summed E-state index contributed by atoms with van der Waals surface area (Å²) in [5.41, 5.74) is 2.24. The third kappa shape index (κ3) is 2.80. The highest BCUT2D eigenvalue weighted by atomic mass is 19.1. The van der Waals surface area contributed by atoms with Crippen LogP contribution in [0.5, 0.6) is 0 Å². The van der Waals surface area contributed by atoms with Gasteiger partial charge in [0.25, 0.3) is 0 Å². The van der Waals surface area contributed by atoms with Crippen molar-refractivity contribution in [2.75, 3.05) is 18.0 Å². The van der Waals surface area contributed by atoms with Gasteiger partial charge < -0.3 is 4.90 Å². The second-order valence-corrected chi connectivity index (χ2v) is 10.3. The van der Waals surface area contributed by atoms with Crippen molar-refractivity contribution >= 4 is 5.82 Å². The number of aromatic nitrogens is 4. The average Bonchev–Trinajstić information content (AvgIpc) is 3.21. The van der Waals surface area contributed by atoms with E-state index >= 15 is 0 Å². The van der Waals surface area contributed by atoms with Crippen molar-refractivity contribution in [3.8, 4) is 11.3 Å². The minimum Gasteiger partial charge on any atom is -0.355 e. The molecule has 1 saturated carbocycles. The lowest BCUT2D eigenvalue weighted by atomic mass is 9.59. The SMILES string of the molecule is CC1(C)C2CCC1(C1CCCN(c3cnccn3)C1)c1nnc(-c3c(F)cccc3F)cc12. The van der Waals surface area contributed by atoms with Crippen LogP contribution in [0.1, 0.15) is 56.7 Å². The summed E-state index contributed by atoms with van der Waals surface area (Å²) in [4.78, 5) is 11.1. The molecule has 0 radical (unpaired) electrons. The van der Waals surface area contributed by atoms with Gasteiger partial charge in [-0.05, 0) is 66.7 Å². The third-order valence-electron chi connectivity index (χ3n) is 8.68. The van der Waals surface area contributed by atoms with Crippen LogP contribution in [-0.4, -0.2) is 33.3 Å². The molecule has 3 atom stereocenters. The van der Waals surface area contributed by atoms with Gasteiger partial charge in [-0.25, -0.2) is 13.8 Å². The van der Waals surface area contributed by atoms with E-state index in [-0.39, 0.29) is 22.1 Å². The molecule has 33 heavy (non-hydrogen) atoms. The van der Waals surface area contributed by atoms with Gasteiger partial charge in [-0.3, -0.25) is 4.98 Å². The van der Waals surface area contributed by atoms with E-state index in [0.29, 0.717) is 11.8 Å². The molecule has 3 unspecified atom stereocenters. The zero-order valence-corrected chi connectivity index (χ0v) is 18.9. The lowest BCUT2D eigenvalue weighted by molar-refractivity contribution is 0.112. The first-order valence-corrected chi connectivity index (χ1v) is 11.8. The summed E-state index contributed by atoms with van der Waals surface area (Å²) < 4.78 is 28.9. The molecule has 170 valence electrons. The number of rotatable bonds is 3. The van der Waals surface area contributed by atoms with E-state index in [1.54, 1.807) is 12.4 Å². The Morgan fingerprint density at radius 1 is 1.06 bits per heavy atom. The third-order valence-corrected chi connectivity index (χ3v) is 8.68. The topological polar surface area (TPSA) is 54.8 Å². The summed E-state index contributed by atoms with van der Waals surface area (Å²) >= 11 is 0. The maximum Gasteiger partial charge on any atom is 0.147 e. The van der Waals surface area contributed by atoms with Crippen LogP contribution >= 0.6 is 0 Å². The van der Waals surface area contributed by atoms with Crippen molar-refractivity contribution < 1.29 is 8.78 Å². The first-order valence-electron chi connectivity index (χ1n) is 11.8. The molecule has 0 spiro atoms. The number of hydrogen-bond donors (Lipinski definition) is 0. The zero-order valence-electron chi connectivity index (χ0n) is 18.9. The van der Waals surface area contributed by atoms with E-state index in [1.807, 2.05) is 12.3 Å². The summed E-state index contributed by atoms with van der Waals surface area (Å²) in [7, 11) is 0. The number of fused-ring (bicyclic) bond motifs is 5.